The molecule has 2 amide bonds. The van der Waals surface area contributed by atoms with E-state index in [0.29, 0.717) is 16.7 Å². The molecule has 7 heteroatoms. The van der Waals surface area contributed by atoms with E-state index in [1.54, 1.807) is 0 Å². The summed E-state index contributed by atoms with van der Waals surface area (Å²) in [5.41, 5.74) is 4.30. The Kier molecular flexibility index (Phi) is 6.03. The highest BCUT2D eigenvalue weighted by Crippen LogP contribution is 2.20. The summed E-state index contributed by atoms with van der Waals surface area (Å²) in [5, 5.41) is 14.6. The number of ether oxygens (including phenoxy) is 1. The monoisotopic (exact) mass is 382 g/mol. The number of amides is 2. The van der Waals surface area contributed by atoms with Gasteiger partial charge in [0.15, 0.2) is 5.01 Å². The Hall–Kier alpha value is -2.93. The number of aromatic nitrogens is 2. The Morgan fingerprint density at radius 2 is 1.81 bits per heavy atom. The van der Waals surface area contributed by atoms with Gasteiger partial charge in [-0.2, -0.15) is 0 Å². The lowest BCUT2D eigenvalue weighted by Crippen LogP contribution is -2.19. The normalized spacial score (nSPS) is 10.5. The number of carbonyl (C=O) groups is 1. The number of benzene rings is 2. The summed E-state index contributed by atoms with van der Waals surface area (Å²) in [5.74, 6) is 0.782. The van der Waals surface area contributed by atoms with Crippen LogP contribution in [0, 0.1) is 13.8 Å². The molecule has 2 aromatic carbocycles. The summed E-state index contributed by atoms with van der Waals surface area (Å²) in [4.78, 5) is 12.1. The van der Waals surface area contributed by atoms with Crippen LogP contribution in [0.4, 0.5) is 15.6 Å². The molecular weight excluding hydrogens is 360 g/mol. The van der Waals surface area contributed by atoms with Gasteiger partial charge in [-0.3, -0.25) is 5.32 Å². The van der Waals surface area contributed by atoms with Crippen molar-refractivity contribution in [3.05, 3.63) is 64.2 Å². The standard InChI is InChI=1S/C20H22N4O2S/c1-4-15-6-9-17(10-7-15)26-12-18-23-24-20(27-18)22-19(25)21-16-8-5-13(2)14(3)11-16/h5-11H,4,12H2,1-3H3,(H2,21,22,24,25). The lowest BCUT2D eigenvalue weighted by Gasteiger charge is -2.07. The van der Waals surface area contributed by atoms with Gasteiger partial charge in [0.05, 0.1) is 0 Å². The van der Waals surface area contributed by atoms with Gasteiger partial charge in [-0.25, -0.2) is 4.79 Å². The molecule has 0 bridgehead atoms. The molecule has 0 aliphatic rings. The lowest BCUT2D eigenvalue weighted by atomic mass is 10.1. The van der Waals surface area contributed by atoms with E-state index >= 15 is 0 Å². The van der Waals surface area contributed by atoms with Crippen LogP contribution in [0.25, 0.3) is 0 Å². The minimum absolute atomic E-state index is 0.309. The number of aryl methyl sites for hydroxylation is 3. The van der Waals surface area contributed by atoms with Crippen LogP contribution in [0.1, 0.15) is 28.6 Å². The molecule has 3 rings (SSSR count). The van der Waals surface area contributed by atoms with Crippen LogP contribution in [-0.2, 0) is 13.0 Å². The zero-order valence-electron chi connectivity index (χ0n) is 15.6. The third-order valence-electron chi connectivity index (χ3n) is 4.15. The number of carbonyl (C=O) groups excluding carboxylic acids is 1. The van der Waals surface area contributed by atoms with Crippen molar-refractivity contribution in [2.45, 2.75) is 33.8 Å². The first-order valence-electron chi connectivity index (χ1n) is 8.73. The second kappa shape index (κ2) is 8.64. The van der Waals surface area contributed by atoms with Gasteiger partial charge in [0, 0.05) is 5.69 Å². The van der Waals surface area contributed by atoms with E-state index in [4.69, 9.17) is 4.74 Å². The van der Waals surface area contributed by atoms with E-state index in [2.05, 4.69) is 27.8 Å². The molecule has 1 heterocycles. The van der Waals surface area contributed by atoms with Crippen molar-refractivity contribution in [3.8, 4) is 5.75 Å². The van der Waals surface area contributed by atoms with Crippen LogP contribution >= 0.6 is 11.3 Å². The number of anilines is 2. The third kappa shape index (κ3) is 5.27. The van der Waals surface area contributed by atoms with Crippen molar-refractivity contribution in [1.82, 2.24) is 10.2 Å². The predicted molar refractivity (Wildman–Crippen MR) is 109 cm³/mol. The summed E-state index contributed by atoms with van der Waals surface area (Å²) in [6.45, 7) is 6.46. The zero-order valence-corrected chi connectivity index (χ0v) is 16.4. The Bertz CT molecular complexity index is 922. The highest BCUT2D eigenvalue weighted by atomic mass is 32.1. The van der Waals surface area contributed by atoms with Crippen molar-refractivity contribution < 1.29 is 9.53 Å². The molecule has 0 radical (unpaired) electrons. The Morgan fingerprint density at radius 1 is 1.04 bits per heavy atom. The molecule has 27 heavy (non-hydrogen) atoms. The lowest BCUT2D eigenvalue weighted by molar-refractivity contribution is 0.262. The Labute approximate surface area is 162 Å². The van der Waals surface area contributed by atoms with Crippen LogP contribution in [0.5, 0.6) is 5.75 Å². The summed E-state index contributed by atoms with van der Waals surface area (Å²) < 4.78 is 5.71. The molecule has 0 aliphatic heterocycles. The van der Waals surface area contributed by atoms with Crippen LogP contribution in [-0.4, -0.2) is 16.2 Å². The number of urea groups is 1. The van der Waals surface area contributed by atoms with Gasteiger partial charge < -0.3 is 10.1 Å². The minimum Gasteiger partial charge on any atom is -0.486 e. The second-order valence-electron chi connectivity index (χ2n) is 6.17. The number of nitrogens with one attached hydrogen (secondary N) is 2. The van der Waals surface area contributed by atoms with Gasteiger partial charge in [0.2, 0.25) is 5.13 Å². The van der Waals surface area contributed by atoms with Crippen molar-refractivity contribution in [2.24, 2.45) is 0 Å². The first-order valence-corrected chi connectivity index (χ1v) is 9.54. The SMILES string of the molecule is CCc1ccc(OCc2nnc(NC(=O)Nc3ccc(C)c(C)c3)s2)cc1. The molecule has 0 saturated heterocycles. The van der Waals surface area contributed by atoms with Crippen LogP contribution < -0.4 is 15.4 Å². The molecule has 3 aromatic rings. The molecule has 0 aliphatic carbocycles. The van der Waals surface area contributed by atoms with Crippen molar-refractivity contribution in [2.75, 3.05) is 10.6 Å². The Balaban J connectivity index is 1.52. The average molecular weight is 382 g/mol. The molecule has 0 spiro atoms. The van der Waals surface area contributed by atoms with Crippen LogP contribution in [0.15, 0.2) is 42.5 Å². The summed E-state index contributed by atoms with van der Waals surface area (Å²) >= 11 is 1.29. The number of nitrogens with zero attached hydrogens (tertiary/aromatic N) is 2. The average Bonchev–Trinajstić information content (AvgIpc) is 3.10. The van der Waals surface area contributed by atoms with Crippen molar-refractivity contribution in [3.63, 3.8) is 0 Å². The van der Waals surface area contributed by atoms with Crippen molar-refractivity contribution >= 4 is 28.2 Å². The third-order valence-corrected chi connectivity index (χ3v) is 4.96. The highest BCUT2D eigenvalue weighted by molar-refractivity contribution is 7.15. The molecule has 0 atom stereocenters. The van der Waals surface area contributed by atoms with Crippen LogP contribution in [0.2, 0.25) is 0 Å². The topological polar surface area (TPSA) is 76.1 Å². The molecule has 0 unspecified atom stereocenters. The quantitative estimate of drug-likeness (QED) is 0.633. The van der Waals surface area contributed by atoms with Gasteiger partial charge >= 0.3 is 6.03 Å². The number of hydrogen-bond donors (Lipinski definition) is 2. The van der Waals surface area contributed by atoms with Gasteiger partial charge in [-0.15, -0.1) is 10.2 Å². The fraction of sp³-hybridized carbons (Fsp3) is 0.250. The van der Waals surface area contributed by atoms with Crippen molar-refractivity contribution in [1.29, 1.82) is 0 Å². The predicted octanol–water partition coefficient (Wildman–Crippen LogP) is 4.94. The van der Waals surface area contributed by atoms with Gasteiger partial charge in [-0.1, -0.05) is 36.5 Å². The van der Waals surface area contributed by atoms with E-state index < -0.39 is 0 Å². The minimum atomic E-state index is -0.350. The summed E-state index contributed by atoms with van der Waals surface area (Å²) in [7, 11) is 0. The summed E-state index contributed by atoms with van der Waals surface area (Å²) in [6.07, 6.45) is 0.996. The second-order valence-corrected chi connectivity index (χ2v) is 7.23. The maximum absolute atomic E-state index is 12.1. The van der Waals surface area contributed by atoms with E-state index in [9.17, 15) is 4.79 Å². The molecule has 2 N–H and O–H groups in total. The van der Waals surface area contributed by atoms with Gasteiger partial charge in [-0.05, 0) is 61.2 Å². The smallest absolute Gasteiger partial charge is 0.325 e. The van der Waals surface area contributed by atoms with E-state index in [1.807, 2.05) is 56.3 Å². The molecule has 0 fully saturated rings. The molecule has 6 nitrogen and oxygen atoms in total. The van der Waals surface area contributed by atoms with Crippen LogP contribution in [0.3, 0.4) is 0 Å². The molecule has 0 saturated carbocycles. The molecular formula is C20H22N4O2S. The number of hydrogen-bond acceptors (Lipinski definition) is 5. The molecule has 1 aromatic heterocycles. The fourth-order valence-corrected chi connectivity index (χ4v) is 3.06. The summed E-state index contributed by atoms with van der Waals surface area (Å²) in [6, 6.07) is 13.4. The highest BCUT2D eigenvalue weighted by Gasteiger charge is 2.09. The molecule has 140 valence electrons. The van der Waals surface area contributed by atoms with E-state index in [0.717, 1.165) is 23.4 Å². The Morgan fingerprint density at radius 3 is 2.52 bits per heavy atom. The van der Waals surface area contributed by atoms with E-state index in [-0.39, 0.29) is 6.03 Å². The maximum atomic E-state index is 12.1. The van der Waals surface area contributed by atoms with Gasteiger partial charge in [0.25, 0.3) is 0 Å². The zero-order chi connectivity index (χ0) is 19.2. The number of rotatable bonds is 6. The maximum Gasteiger partial charge on any atom is 0.325 e. The largest absolute Gasteiger partial charge is 0.486 e. The first-order chi connectivity index (χ1) is 13.0. The first kappa shape index (κ1) is 18.8. The van der Waals surface area contributed by atoms with Gasteiger partial charge in [0.1, 0.15) is 12.4 Å². The van der Waals surface area contributed by atoms with E-state index in [1.165, 1.54) is 22.5 Å². The fourth-order valence-electron chi connectivity index (χ4n) is 2.41.